The van der Waals surface area contributed by atoms with E-state index in [9.17, 15) is 47.6 Å². The molecule has 0 saturated carbocycles. The largest absolute Gasteiger partial charge is 0.490 e. The van der Waals surface area contributed by atoms with Crippen LogP contribution in [0.3, 0.4) is 0 Å². The van der Waals surface area contributed by atoms with Crippen molar-refractivity contribution < 1.29 is 74.5 Å². The summed E-state index contributed by atoms with van der Waals surface area (Å²) in [6.45, 7) is -1.78. The van der Waals surface area contributed by atoms with Crippen LogP contribution in [0.4, 0.5) is 0 Å². The number of rotatable bonds is 15. The van der Waals surface area contributed by atoms with E-state index in [1.54, 1.807) is 42.5 Å². The molecule has 13 atom stereocenters. The maximum absolute atomic E-state index is 12.9. The lowest BCUT2D eigenvalue weighted by atomic mass is 10.1. The van der Waals surface area contributed by atoms with Crippen molar-refractivity contribution in [2.45, 2.75) is 68.1 Å². The molecule has 0 amide bonds. The topological polar surface area (TPSA) is 314 Å². The smallest absolute Gasteiger partial charge is 0.346 e. The van der Waals surface area contributed by atoms with Crippen molar-refractivity contribution in [2.75, 3.05) is 13.2 Å². The summed E-state index contributed by atoms with van der Waals surface area (Å²) in [5.41, 5.74) is -1.71. The van der Waals surface area contributed by atoms with Crippen LogP contribution >= 0.6 is 23.5 Å². The summed E-state index contributed by atoms with van der Waals surface area (Å²) >= 11 is 0. The third-order valence-corrected chi connectivity index (χ3v) is 13.8. The highest BCUT2D eigenvalue weighted by Crippen LogP contribution is 2.68. The second-order valence-corrected chi connectivity index (χ2v) is 18.2. The molecule has 27 heteroatoms. The monoisotopic (exact) mass is 900 g/mol. The van der Waals surface area contributed by atoms with E-state index in [4.69, 9.17) is 37.5 Å². The molecule has 8 rings (SSSR count). The van der Waals surface area contributed by atoms with E-state index in [0.717, 1.165) is 39.2 Å². The maximum atomic E-state index is 12.9. The van der Waals surface area contributed by atoms with Gasteiger partial charge < -0.3 is 43.1 Å². The van der Waals surface area contributed by atoms with Gasteiger partial charge in [-0.25, -0.2) is 23.3 Å². The lowest BCUT2D eigenvalue weighted by Crippen LogP contribution is -2.36. The molecule has 2 aromatic heterocycles. The molecule has 6 heterocycles. The fourth-order valence-electron chi connectivity index (χ4n) is 7.03. The van der Waals surface area contributed by atoms with E-state index in [2.05, 4.69) is 18.6 Å². The molecular weight excluding hydrogens is 865 g/mol. The summed E-state index contributed by atoms with van der Waals surface area (Å²) in [6, 6.07) is 19.7. The normalized spacial score (nSPS) is 31.5. The highest BCUT2D eigenvalue weighted by Gasteiger charge is 2.56. The molecule has 2 aromatic carbocycles. The van der Waals surface area contributed by atoms with Crippen LogP contribution in [0.5, 0.6) is 0 Å². The van der Waals surface area contributed by atoms with Crippen molar-refractivity contribution in [2.24, 2.45) is 0 Å². The Bertz CT molecular complexity index is 2570. The van der Waals surface area contributed by atoms with Crippen molar-refractivity contribution in [1.82, 2.24) is 19.1 Å². The Labute approximate surface area is 335 Å². The SMILES string of the molecule is O=c1ccn([C@@H]2O[C@H](COP(=O)(O)OP(=O)(O)OP(=O)(O)OC[C@H]3O[C@@H](n4ccc(=O)[nH]c4=O)[C@@H]4OC(c5ccccc5)O[C@@H]43)[C@H]3OC(Cc4ccccc4)O[C@H]32)c(=O)[nH]1. The van der Waals surface area contributed by atoms with E-state index < -0.39 is 121 Å². The number of H-pyrrole nitrogens is 2. The molecular formula is C33H35N4O20P3. The third kappa shape index (κ3) is 9.54. The first kappa shape index (κ1) is 42.7. The Morgan fingerprint density at radius 1 is 0.567 bits per heavy atom. The molecule has 24 nitrogen and oxygen atoms in total. The number of aromatic nitrogens is 4. The number of hydrogen-bond donors (Lipinski definition) is 5. The van der Waals surface area contributed by atoms with Crippen molar-refractivity contribution in [3.63, 3.8) is 0 Å². The molecule has 4 aliphatic heterocycles. The number of phosphoric ester groups is 2. The van der Waals surface area contributed by atoms with E-state index in [1.807, 2.05) is 18.2 Å². The number of benzene rings is 2. The zero-order chi connectivity index (χ0) is 42.4. The number of aromatic amines is 2. The van der Waals surface area contributed by atoms with Gasteiger partial charge in [-0.15, -0.1) is 0 Å². The number of nitrogens with zero attached hydrogens (tertiary/aromatic N) is 2. The molecule has 0 bridgehead atoms. The summed E-state index contributed by atoms with van der Waals surface area (Å²) in [5.74, 6) is 0. The third-order valence-electron chi connectivity index (χ3n) is 9.53. The molecule has 5 unspecified atom stereocenters. The molecule has 0 spiro atoms. The lowest BCUT2D eigenvalue weighted by Gasteiger charge is -2.23. The summed E-state index contributed by atoms with van der Waals surface area (Å²) in [6.07, 6.45) is -8.61. The summed E-state index contributed by atoms with van der Waals surface area (Å²) in [5, 5.41) is 0. The van der Waals surface area contributed by atoms with Gasteiger partial charge in [0.2, 0.25) is 0 Å². The van der Waals surface area contributed by atoms with Crippen LogP contribution in [-0.4, -0.2) is 89.9 Å². The van der Waals surface area contributed by atoms with Crippen LogP contribution in [0.15, 0.2) is 104 Å². The minimum Gasteiger partial charge on any atom is -0.346 e. The molecule has 4 aliphatic rings. The second kappa shape index (κ2) is 17.0. The predicted molar refractivity (Wildman–Crippen MR) is 197 cm³/mol. The van der Waals surface area contributed by atoms with Crippen molar-refractivity contribution in [3.8, 4) is 0 Å². The van der Waals surface area contributed by atoms with Gasteiger partial charge in [-0.1, -0.05) is 60.7 Å². The van der Waals surface area contributed by atoms with Gasteiger partial charge in [0.05, 0.1) is 13.2 Å². The van der Waals surface area contributed by atoms with E-state index >= 15 is 0 Å². The average Bonchev–Trinajstić information content (AvgIpc) is 3.95. The first-order valence-electron chi connectivity index (χ1n) is 17.9. The highest BCUT2D eigenvalue weighted by molar-refractivity contribution is 7.66. The quantitative estimate of drug-likeness (QED) is 0.104. The summed E-state index contributed by atoms with van der Waals surface area (Å²) < 4.78 is 94.9. The Morgan fingerprint density at radius 2 is 1.02 bits per heavy atom. The number of ether oxygens (including phenoxy) is 6. The van der Waals surface area contributed by atoms with Crippen LogP contribution < -0.4 is 22.5 Å². The number of fused-ring (bicyclic) bond motifs is 2. The van der Waals surface area contributed by atoms with Crippen LogP contribution in [-0.2, 0) is 66.2 Å². The van der Waals surface area contributed by atoms with Crippen LogP contribution in [0.2, 0.25) is 0 Å². The van der Waals surface area contributed by atoms with Gasteiger partial charge in [0.25, 0.3) is 11.1 Å². The van der Waals surface area contributed by atoms with Crippen molar-refractivity contribution in [3.05, 3.63) is 138 Å². The minimum absolute atomic E-state index is 0.253. The second-order valence-electron chi connectivity index (χ2n) is 13.6. The average molecular weight is 901 g/mol. The van der Waals surface area contributed by atoms with Crippen molar-refractivity contribution in [1.29, 1.82) is 0 Å². The highest BCUT2D eigenvalue weighted by atomic mass is 31.3. The van der Waals surface area contributed by atoms with Gasteiger partial charge in [0.15, 0.2) is 25.0 Å². The molecule has 322 valence electrons. The Morgan fingerprint density at radius 3 is 1.53 bits per heavy atom. The molecule has 4 fully saturated rings. The summed E-state index contributed by atoms with van der Waals surface area (Å²) in [4.78, 5) is 84.0. The van der Waals surface area contributed by atoms with Crippen LogP contribution in [0.25, 0.3) is 0 Å². The Hall–Kier alpha value is -4.03. The summed E-state index contributed by atoms with van der Waals surface area (Å²) in [7, 11) is -17.3. The van der Waals surface area contributed by atoms with Gasteiger partial charge in [0, 0.05) is 36.5 Å². The minimum atomic E-state index is -5.97. The predicted octanol–water partition coefficient (Wildman–Crippen LogP) is 1.08. The van der Waals surface area contributed by atoms with E-state index in [0.29, 0.717) is 5.56 Å². The number of nitrogens with one attached hydrogen (secondary N) is 2. The molecule has 5 N–H and O–H groups in total. The van der Waals surface area contributed by atoms with Crippen LogP contribution in [0.1, 0.15) is 29.9 Å². The fraction of sp³-hybridized carbons (Fsp3) is 0.394. The Kier molecular flexibility index (Phi) is 12.1. The first-order chi connectivity index (χ1) is 28.5. The lowest BCUT2D eigenvalue weighted by molar-refractivity contribution is -0.154. The molecule has 4 aromatic rings. The van der Waals surface area contributed by atoms with Crippen LogP contribution in [0, 0.1) is 0 Å². The Balaban J connectivity index is 0.906. The number of phosphoric acid groups is 3. The van der Waals surface area contributed by atoms with E-state index in [-0.39, 0.29) is 6.42 Å². The first-order valence-corrected chi connectivity index (χ1v) is 22.4. The molecule has 0 aliphatic carbocycles. The molecule has 0 radical (unpaired) electrons. The van der Waals surface area contributed by atoms with Gasteiger partial charge in [-0.3, -0.25) is 37.7 Å². The number of hydrogen-bond acceptors (Lipinski definition) is 17. The fourth-order valence-corrected chi connectivity index (χ4v) is 10.6. The van der Waals surface area contributed by atoms with Gasteiger partial charge in [0.1, 0.15) is 36.6 Å². The van der Waals surface area contributed by atoms with Gasteiger partial charge >= 0.3 is 34.8 Å². The standard InChI is InChI=1S/C33H35N4O20P3/c38-22-11-13-36(32(40)34-22)29-27-25(52-24(53-27)15-18-7-3-1-4-8-18)20(50-29)16-48-58(42,43)56-60(46,47)57-59(44,45)49-17-21-26-28(55-31(54-26)19-9-5-2-6-10-19)30(51-21)37-14-12-23(39)35-33(37)41/h1-14,20-21,24-31H,15-17H2,(H,42,43)(H,44,45)(H,46,47)(H,34,38,40)(H,35,39,41)/t20-,21-,24?,25-,26-,27-,28-,29-,30-,31?/m1/s1. The van der Waals surface area contributed by atoms with Crippen molar-refractivity contribution >= 4 is 23.5 Å². The van der Waals surface area contributed by atoms with E-state index in [1.165, 1.54) is 0 Å². The zero-order valence-electron chi connectivity index (χ0n) is 30.5. The van der Waals surface area contributed by atoms with Gasteiger partial charge in [-0.05, 0) is 5.56 Å². The van der Waals surface area contributed by atoms with Gasteiger partial charge in [-0.2, -0.15) is 8.62 Å². The zero-order valence-corrected chi connectivity index (χ0v) is 33.2. The maximum Gasteiger partial charge on any atom is 0.490 e. The molecule has 60 heavy (non-hydrogen) atoms. The molecule has 4 saturated heterocycles.